The fraction of sp³-hybridized carbons (Fsp3) is 0.0833. The standard InChI is InChI=1S/C12H7Br2ClOS/c1-6-4-7(2-3-9(6)15)11(16)12-10(14)8(13)5-17-12/h2-5H,1H3. The second-order valence-corrected chi connectivity index (χ2v) is 6.45. The number of carbonyl (C=O) groups excluding carboxylic acids is 1. The van der Waals surface area contributed by atoms with Crippen LogP contribution in [0, 0.1) is 6.92 Å². The molecule has 1 aromatic heterocycles. The average Bonchev–Trinajstić information content (AvgIpc) is 2.63. The first-order valence-corrected chi connectivity index (χ1v) is 7.58. The second-order valence-electron chi connectivity index (χ2n) is 3.52. The number of carbonyl (C=O) groups is 1. The normalized spacial score (nSPS) is 10.6. The molecule has 0 spiro atoms. The summed E-state index contributed by atoms with van der Waals surface area (Å²) >= 11 is 14.1. The zero-order valence-corrected chi connectivity index (χ0v) is 13.5. The Bertz CT molecular complexity index is 592. The molecule has 0 amide bonds. The molecule has 2 aromatic rings. The maximum atomic E-state index is 12.3. The van der Waals surface area contributed by atoms with Gasteiger partial charge in [0.05, 0.1) is 9.35 Å². The van der Waals surface area contributed by atoms with Gasteiger partial charge in [0.25, 0.3) is 0 Å². The number of halogens is 3. The van der Waals surface area contributed by atoms with Gasteiger partial charge in [-0.2, -0.15) is 0 Å². The number of aryl methyl sites for hydroxylation is 1. The van der Waals surface area contributed by atoms with Gasteiger partial charge in [0.1, 0.15) is 0 Å². The number of hydrogen-bond donors (Lipinski definition) is 0. The van der Waals surface area contributed by atoms with Crippen LogP contribution in [0.5, 0.6) is 0 Å². The zero-order valence-electron chi connectivity index (χ0n) is 8.76. The predicted molar refractivity (Wildman–Crippen MR) is 79.3 cm³/mol. The third-order valence-electron chi connectivity index (χ3n) is 2.32. The Labute approximate surface area is 125 Å². The molecule has 0 fully saturated rings. The van der Waals surface area contributed by atoms with Crippen LogP contribution in [-0.2, 0) is 0 Å². The van der Waals surface area contributed by atoms with Crippen molar-refractivity contribution >= 4 is 60.6 Å². The molecule has 0 saturated heterocycles. The highest BCUT2D eigenvalue weighted by molar-refractivity contribution is 9.13. The summed E-state index contributed by atoms with van der Waals surface area (Å²) in [6, 6.07) is 5.31. The summed E-state index contributed by atoms with van der Waals surface area (Å²) in [7, 11) is 0. The van der Waals surface area contributed by atoms with E-state index in [2.05, 4.69) is 31.9 Å². The number of hydrogen-bond acceptors (Lipinski definition) is 2. The van der Waals surface area contributed by atoms with Crippen LogP contribution in [0.15, 0.2) is 32.5 Å². The predicted octanol–water partition coefficient (Wildman–Crippen LogP) is 5.47. The van der Waals surface area contributed by atoms with Gasteiger partial charge < -0.3 is 0 Å². The summed E-state index contributed by atoms with van der Waals surface area (Å²) in [5.41, 5.74) is 1.56. The summed E-state index contributed by atoms with van der Waals surface area (Å²) in [6.07, 6.45) is 0. The highest BCUT2D eigenvalue weighted by Crippen LogP contribution is 2.34. The fourth-order valence-corrected chi connectivity index (χ4v) is 3.62. The van der Waals surface area contributed by atoms with Crippen molar-refractivity contribution in [3.63, 3.8) is 0 Å². The van der Waals surface area contributed by atoms with E-state index in [1.165, 1.54) is 11.3 Å². The monoisotopic (exact) mass is 392 g/mol. The van der Waals surface area contributed by atoms with Gasteiger partial charge in [0.15, 0.2) is 0 Å². The van der Waals surface area contributed by atoms with E-state index < -0.39 is 0 Å². The Morgan fingerprint density at radius 1 is 1.35 bits per heavy atom. The van der Waals surface area contributed by atoms with E-state index in [0.717, 1.165) is 14.5 Å². The van der Waals surface area contributed by atoms with Gasteiger partial charge >= 0.3 is 0 Å². The molecule has 1 nitrogen and oxygen atoms in total. The van der Waals surface area contributed by atoms with E-state index in [1.807, 2.05) is 18.4 Å². The van der Waals surface area contributed by atoms with E-state index in [9.17, 15) is 4.79 Å². The Kier molecular flexibility index (Phi) is 4.08. The fourth-order valence-electron chi connectivity index (χ4n) is 1.39. The molecule has 1 aromatic carbocycles. The van der Waals surface area contributed by atoms with Crippen LogP contribution in [-0.4, -0.2) is 5.78 Å². The van der Waals surface area contributed by atoms with Crippen molar-refractivity contribution in [3.8, 4) is 0 Å². The molecule has 0 aliphatic heterocycles. The molecule has 0 N–H and O–H groups in total. The van der Waals surface area contributed by atoms with Crippen molar-refractivity contribution in [1.29, 1.82) is 0 Å². The van der Waals surface area contributed by atoms with Crippen molar-refractivity contribution in [2.24, 2.45) is 0 Å². The molecule has 0 aliphatic carbocycles. The summed E-state index contributed by atoms with van der Waals surface area (Å²) in [5, 5.41) is 2.56. The Hall–Kier alpha value is -0.160. The molecule has 17 heavy (non-hydrogen) atoms. The highest BCUT2D eigenvalue weighted by Gasteiger charge is 2.17. The minimum absolute atomic E-state index is 0.00680. The maximum absolute atomic E-state index is 12.3. The number of thiophene rings is 1. The minimum Gasteiger partial charge on any atom is -0.288 e. The molecule has 2 rings (SSSR count). The molecule has 5 heteroatoms. The number of ketones is 1. The Morgan fingerprint density at radius 2 is 2.06 bits per heavy atom. The van der Waals surface area contributed by atoms with Gasteiger partial charge in [0, 0.05) is 20.4 Å². The molecule has 0 radical (unpaired) electrons. The van der Waals surface area contributed by atoms with Crippen molar-refractivity contribution < 1.29 is 4.79 Å². The van der Waals surface area contributed by atoms with E-state index in [1.54, 1.807) is 12.1 Å². The third kappa shape index (κ3) is 2.65. The van der Waals surface area contributed by atoms with E-state index in [0.29, 0.717) is 15.5 Å². The first-order valence-electron chi connectivity index (χ1n) is 4.74. The average molecular weight is 395 g/mol. The van der Waals surface area contributed by atoms with Crippen molar-refractivity contribution in [1.82, 2.24) is 0 Å². The second kappa shape index (κ2) is 5.22. The quantitative estimate of drug-likeness (QED) is 0.618. The zero-order chi connectivity index (χ0) is 12.6. The lowest BCUT2D eigenvalue weighted by atomic mass is 10.1. The first-order chi connectivity index (χ1) is 8.00. The van der Waals surface area contributed by atoms with E-state index >= 15 is 0 Å². The van der Waals surface area contributed by atoms with Crippen LogP contribution in [0.4, 0.5) is 0 Å². The Morgan fingerprint density at radius 3 is 2.59 bits per heavy atom. The molecule has 1 heterocycles. The Balaban J connectivity index is 2.44. The largest absolute Gasteiger partial charge is 0.288 e. The lowest BCUT2D eigenvalue weighted by molar-refractivity contribution is 0.104. The maximum Gasteiger partial charge on any atom is 0.204 e. The summed E-state index contributed by atoms with van der Waals surface area (Å²) in [6.45, 7) is 1.89. The van der Waals surface area contributed by atoms with Crippen molar-refractivity contribution in [2.45, 2.75) is 6.92 Å². The van der Waals surface area contributed by atoms with Crippen LogP contribution < -0.4 is 0 Å². The summed E-state index contributed by atoms with van der Waals surface area (Å²) in [5.74, 6) is 0.00680. The van der Waals surface area contributed by atoms with Crippen LogP contribution in [0.25, 0.3) is 0 Å². The minimum atomic E-state index is 0.00680. The topological polar surface area (TPSA) is 17.1 Å². The van der Waals surface area contributed by atoms with E-state index in [-0.39, 0.29) is 5.78 Å². The van der Waals surface area contributed by atoms with Crippen LogP contribution in [0.1, 0.15) is 20.8 Å². The van der Waals surface area contributed by atoms with Crippen LogP contribution in [0.3, 0.4) is 0 Å². The van der Waals surface area contributed by atoms with Crippen LogP contribution >= 0.6 is 54.8 Å². The molecule has 0 aliphatic rings. The molecule has 0 unspecified atom stereocenters. The lowest BCUT2D eigenvalue weighted by Crippen LogP contribution is -1.99. The molecular weight excluding hydrogens is 387 g/mol. The van der Waals surface area contributed by atoms with Gasteiger partial charge in [-0.1, -0.05) is 11.6 Å². The SMILES string of the molecule is Cc1cc(C(=O)c2scc(Br)c2Br)ccc1Cl. The number of rotatable bonds is 2. The number of benzene rings is 1. The third-order valence-corrected chi connectivity index (χ3v) is 6.27. The summed E-state index contributed by atoms with van der Waals surface area (Å²) < 4.78 is 1.71. The van der Waals surface area contributed by atoms with Gasteiger partial charge in [-0.3, -0.25) is 4.79 Å². The molecule has 88 valence electrons. The van der Waals surface area contributed by atoms with Gasteiger partial charge in [0.2, 0.25) is 5.78 Å². The molecule has 0 atom stereocenters. The van der Waals surface area contributed by atoms with Gasteiger partial charge in [-0.25, -0.2) is 0 Å². The molecule has 0 bridgehead atoms. The summed E-state index contributed by atoms with van der Waals surface area (Å²) in [4.78, 5) is 13.0. The van der Waals surface area contributed by atoms with Crippen molar-refractivity contribution in [3.05, 3.63) is 53.6 Å². The first kappa shape index (κ1) is 13.3. The van der Waals surface area contributed by atoms with Crippen molar-refractivity contribution in [2.75, 3.05) is 0 Å². The van der Waals surface area contributed by atoms with Gasteiger partial charge in [-0.05, 0) is 62.5 Å². The molecular formula is C12H7Br2ClOS. The molecule has 0 saturated carbocycles. The highest BCUT2D eigenvalue weighted by atomic mass is 79.9. The lowest BCUT2D eigenvalue weighted by Gasteiger charge is -2.02. The van der Waals surface area contributed by atoms with E-state index in [4.69, 9.17) is 11.6 Å². The smallest absolute Gasteiger partial charge is 0.204 e. The van der Waals surface area contributed by atoms with Crippen LogP contribution in [0.2, 0.25) is 5.02 Å². The van der Waals surface area contributed by atoms with Gasteiger partial charge in [-0.15, -0.1) is 11.3 Å².